The molecule has 0 bridgehead atoms. The Labute approximate surface area is 174 Å². The number of nitrogens with zero attached hydrogens (tertiary/aromatic N) is 2. The summed E-state index contributed by atoms with van der Waals surface area (Å²) in [6, 6.07) is 5.49. The first-order valence-electron chi connectivity index (χ1n) is 11.4. The van der Waals surface area contributed by atoms with Gasteiger partial charge in [-0.15, -0.1) is 0 Å². The monoisotopic (exact) mass is 396 g/mol. The summed E-state index contributed by atoms with van der Waals surface area (Å²) in [6.07, 6.45) is 3.28. The number of hydrogen-bond acceptors (Lipinski definition) is 2. The van der Waals surface area contributed by atoms with Crippen molar-refractivity contribution in [3.05, 3.63) is 34.5 Å². The first-order valence-corrected chi connectivity index (χ1v) is 11.4. The highest BCUT2D eigenvalue weighted by Gasteiger charge is 2.41. The number of amides is 2. The van der Waals surface area contributed by atoms with Crippen molar-refractivity contribution in [2.75, 3.05) is 26.2 Å². The minimum absolute atomic E-state index is 0.0817. The van der Waals surface area contributed by atoms with Crippen LogP contribution in [0, 0.1) is 13.8 Å². The summed E-state index contributed by atoms with van der Waals surface area (Å²) >= 11 is 0. The lowest BCUT2D eigenvalue weighted by atomic mass is 9.73. The first-order chi connectivity index (χ1) is 14.0. The van der Waals surface area contributed by atoms with Gasteiger partial charge in [0.15, 0.2) is 0 Å². The third-order valence-corrected chi connectivity index (χ3v) is 7.02. The Bertz CT molecular complexity index is 898. The van der Waals surface area contributed by atoms with Crippen LogP contribution in [0.5, 0.6) is 0 Å². The average molecular weight is 397 g/mol. The van der Waals surface area contributed by atoms with E-state index in [2.05, 4.69) is 48.1 Å². The van der Waals surface area contributed by atoms with Gasteiger partial charge in [0.25, 0.3) is 0 Å². The number of carbonyl (C=O) groups excluding carboxylic acids is 1. The van der Waals surface area contributed by atoms with Crippen molar-refractivity contribution in [3.8, 4) is 0 Å². The number of nitrogens with one attached hydrogen (secondary N) is 2. The second-order valence-electron chi connectivity index (χ2n) is 8.93. The van der Waals surface area contributed by atoms with E-state index in [1.54, 1.807) is 0 Å². The first kappa shape index (κ1) is 20.3. The maximum absolute atomic E-state index is 12.7. The van der Waals surface area contributed by atoms with Gasteiger partial charge < -0.3 is 15.2 Å². The fourth-order valence-electron chi connectivity index (χ4n) is 5.71. The van der Waals surface area contributed by atoms with Crippen LogP contribution < -0.4 is 5.32 Å². The predicted molar refractivity (Wildman–Crippen MR) is 120 cm³/mol. The van der Waals surface area contributed by atoms with Crippen molar-refractivity contribution >= 4 is 16.9 Å². The molecule has 4 rings (SSSR count). The Morgan fingerprint density at radius 3 is 2.69 bits per heavy atom. The molecular formula is C24H36N4O. The number of piperidine rings is 1. The van der Waals surface area contributed by atoms with Crippen LogP contribution in [0.3, 0.4) is 0 Å². The van der Waals surface area contributed by atoms with Crippen LogP contribution in [0.1, 0.15) is 61.9 Å². The molecule has 5 nitrogen and oxygen atoms in total. The summed E-state index contributed by atoms with van der Waals surface area (Å²) in [5, 5.41) is 4.80. The van der Waals surface area contributed by atoms with Crippen LogP contribution in [-0.4, -0.2) is 59.1 Å². The fraction of sp³-hybridized carbons (Fsp3) is 0.625. The van der Waals surface area contributed by atoms with Crippen molar-refractivity contribution in [2.24, 2.45) is 0 Å². The number of aromatic amines is 1. The summed E-state index contributed by atoms with van der Waals surface area (Å²) in [7, 11) is 0. The molecule has 2 N–H and O–H groups in total. The molecule has 1 saturated heterocycles. The number of likely N-dealkylation sites (tertiary alicyclic amines) is 1. The largest absolute Gasteiger partial charge is 0.358 e. The van der Waals surface area contributed by atoms with E-state index in [9.17, 15) is 4.79 Å². The number of aromatic nitrogens is 1. The fourth-order valence-corrected chi connectivity index (χ4v) is 5.71. The van der Waals surface area contributed by atoms with Gasteiger partial charge in [-0.25, -0.2) is 4.79 Å². The molecule has 29 heavy (non-hydrogen) atoms. The number of urea groups is 1. The highest BCUT2D eigenvalue weighted by molar-refractivity contribution is 5.90. The van der Waals surface area contributed by atoms with Gasteiger partial charge in [0.2, 0.25) is 0 Å². The molecule has 2 amide bonds. The number of fused-ring (bicyclic) bond motifs is 2. The van der Waals surface area contributed by atoms with Crippen molar-refractivity contribution < 1.29 is 4.79 Å². The molecule has 3 atom stereocenters. The van der Waals surface area contributed by atoms with Crippen LogP contribution in [-0.2, 0) is 6.42 Å². The standard InChI is InChI=1S/C24H36N4O/c1-6-9-28-14-17(26-24(29)27(7-2)8-3)12-19-20-10-15(4)11-21-23(20)18(13-22(19)28)16(5)25-21/h10-11,17,19,22,25H,6-9,12-14H2,1-5H3,(H,26,29)/t17-,19+,22+/m0/s1. The second-order valence-corrected chi connectivity index (χ2v) is 8.93. The highest BCUT2D eigenvalue weighted by Crippen LogP contribution is 2.45. The van der Waals surface area contributed by atoms with Crippen molar-refractivity contribution in [2.45, 2.75) is 71.9 Å². The van der Waals surface area contributed by atoms with Crippen LogP contribution in [0.4, 0.5) is 4.79 Å². The van der Waals surface area contributed by atoms with Gasteiger partial charge in [-0.1, -0.05) is 13.0 Å². The maximum atomic E-state index is 12.7. The molecule has 2 aliphatic rings. The summed E-state index contributed by atoms with van der Waals surface area (Å²) in [4.78, 5) is 20.9. The summed E-state index contributed by atoms with van der Waals surface area (Å²) in [5.41, 5.74) is 6.90. The number of rotatable bonds is 5. The second kappa shape index (κ2) is 8.02. The molecule has 1 aromatic carbocycles. The Morgan fingerprint density at radius 1 is 1.24 bits per heavy atom. The van der Waals surface area contributed by atoms with Gasteiger partial charge in [-0.05, 0) is 76.3 Å². The number of benzene rings is 1. The highest BCUT2D eigenvalue weighted by atomic mass is 16.2. The molecule has 5 heteroatoms. The number of H-pyrrole nitrogens is 1. The van der Waals surface area contributed by atoms with Gasteiger partial charge in [-0.2, -0.15) is 0 Å². The zero-order chi connectivity index (χ0) is 20.7. The third kappa shape index (κ3) is 3.54. The van der Waals surface area contributed by atoms with E-state index < -0.39 is 0 Å². The topological polar surface area (TPSA) is 51.4 Å². The minimum atomic E-state index is 0.0817. The average Bonchev–Trinajstić information content (AvgIpc) is 2.99. The number of hydrogen-bond donors (Lipinski definition) is 2. The van der Waals surface area contributed by atoms with Gasteiger partial charge in [0, 0.05) is 54.2 Å². The molecule has 0 saturated carbocycles. The van der Waals surface area contributed by atoms with Gasteiger partial charge in [0.1, 0.15) is 0 Å². The zero-order valence-corrected chi connectivity index (χ0v) is 18.6. The molecule has 2 aromatic rings. The molecule has 0 unspecified atom stereocenters. The van der Waals surface area contributed by atoms with Gasteiger partial charge in [0.05, 0.1) is 0 Å². The van der Waals surface area contributed by atoms with E-state index >= 15 is 0 Å². The van der Waals surface area contributed by atoms with Crippen LogP contribution in [0.15, 0.2) is 12.1 Å². The molecular weight excluding hydrogens is 360 g/mol. The van der Waals surface area contributed by atoms with Gasteiger partial charge in [-0.3, -0.25) is 4.90 Å². The number of aryl methyl sites for hydroxylation is 2. The normalized spacial score (nSPS) is 23.8. The lowest BCUT2D eigenvalue weighted by Gasteiger charge is -2.47. The predicted octanol–water partition coefficient (Wildman–Crippen LogP) is 4.33. The van der Waals surface area contributed by atoms with Crippen molar-refractivity contribution in [1.82, 2.24) is 20.1 Å². The van der Waals surface area contributed by atoms with E-state index in [0.29, 0.717) is 12.0 Å². The molecule has 158 valence electrons. The van der Waals surface area contributed by atoms with Crippen molar-refractivity contribution in [3.63, 3.8) is 0 Å². The molecule has 1 aromatic heterocycles. The Morgan fingerprint density at radius 2 is 2.00 bits per heavy atom. The smallest absolute Gasteiger partial charge is 0.317 e. The number of carbonyl (C=O) groups is 1. The van der Waals surface area contributed by atoms with E-state index in [0.717, 1.165) is 45.4 Å². The zero-order valence-electron chi connectivity index (χ0n) is 18.6. The van der Waals surface area contributed by atoms with Crippen LogP contribution in [0.2, 0.25) is 0 Å². The lowest BCUT2D eigenvalue weighted by molar-refractivity contribution is 0.0978. The van der Waals surface area contributed by atoms with E-state index in [4.69, 9.17) is 0 Å². The van der Waals surface area contributed by atoms with E-state index in [1.165, 1.54) is 33.3 Å². The molecule has 1 aliphatic heterocycles. The summed E-state index contributed by atoms with van der Waals surface area (Å²) in [5.74, 6) is 0.474. The van der Waals surface area contributed by atoms with Crippen molar-refractivity contribution in [1.29, 1.82) is 0 Å². The Balaban J connectivity index is 1.69. The SMILES string of the molecule is CCCN1C[C@@H](NC(=O)N(CC)CC)C[C@@H]2c3cc(C)cc4[nH]c(C)c(c34)C[C@H]21. The summed E-state index contributed by atoms with van der Waals surface area (Å²) < 4.78 is 0. The lowest BCUT2D eigenvalue weighted by Crippen LogP contribution is -2.58. The minimum Gasteiger partial charge on any atom is -0.358 e. The molecule has 0 radical (unpaired) electrons. The van der Waals surface area contributed by atoms with Crippen LogP contribution in [0.25, 0.3) is 10.9 Å². The van der Waals surface area contributed by atoms with Gasteiger partial charge >= 0.3 is 6.03 Å². The Kier molecular flexibility index (Phi) is 5.60. The van der Waals surface area contributed by atoms with E-state index in [1.807, 2.05) is 18.7 Å². The molecule has 2 heterocycles. The van der Waals surface area contributed by atoms with Crippen LogP contribution >= 0.6 is 0 Å². The summed E-state index contributed by atoms with van der Waals surface area (Å²) in [6.45, 7) is 14.3. The Hall–Kier alpha value is -2.01. The molecule has 1 aliphatic carbocycles. The third-order valence-electron chi connectivity index (χ3n) is 7.02. The molecule has 0 spiro atoms. The maximum Gasteiger partial charge on any atom is 0.317 e. The quantitative estimate of drug-likeness (QED) is 0.790. The van der Waals surface area contributed by atoms with E-state index in [-0.39, 0.29) is 12.1 Å². The molecule has 1 fully saturated rings.